The summed E-state index contributed by atoms with van der Waals surface area (Å²) in [6.45, 7) is 4.23. The van der Waals surface area contributed by atoms with Gasteiger partial charge in [-0.2, -0.15) is 0 Å². The predicted molar refractivity (Wildman–Crippen MR) is 82.7 cm³/mol. The van der Waals surface area contributed by atoms with Crippen LogP contribution in [0.5, 0.6) is 0 Å². The smallest absolute Gasteiger partial charge is 0.163 e. The highest BCUT2D eigenvalue weighted by Crippen LogP contribution is 2.38. The average molecular weight is 262 g/mol. The zero-order valence-corrected chi connectivity index (χ0v) is 11.9. The van der Waals surface area contributed by atoms with Crippen molar-refractivity contribution in [2.24, 2.45) is 0 Å². The second-order valence-electron chi connectivity index (χ2n) is 5.51. The molecule has 0 radical (unpaired) electrons. The van der Waals surface area contributed by atoms with E-state index in [1.807, 2.05) is 36.4 Å². The predicted octanol–water partition coefficient (Wildman–Crippen LogP) is 4.44. The Bertz CT molecular complexity index is 660. The Morgan fingerprint density at radius 3 is 2.20 bits per heavy atom. The van der Waals surface area contributed by atoms with Gasteiger partial charge in [0.25, 0.3) is 0 Å². The average Bonchev–Trinajstić information content (AvgIpc) is 2.81. The number of carbonyl (C=O) groups is 1. The first-order chi connectivity index (χ1) is 9.66. The van der Waals surface area contributed by atoms with Gasteiger partial charge in [-0.15, -0.1) is 0 Å². The van der Waals surface area contributed by atoms with Crippen molar-refractivity contribution in [1.29, 1.82) is 0 Å². The van der Waals surface area contributed by atoms with Crippen LogP contribution in [-0.4, -0.2) is 5.78 Å². The maximum Gasteiger partial charge on any atom is 0.163 e. The number of carbonyl (C=O) groups excluding carboxylic acids is 1. The van der Waals surface area contributed by atoms with Crippen molar-refractivity contribution < 1.29 is 4.79 Å². The van der Waals surface area contributed by atoms with Crippen LogP contribution in [0, 0.1) is 13.8 Å². The fourth-order valence-electron chi connectivity index (χ4n) is 3.11. The number of ketones is 1. The molecule has 0 aromatic heterocycles. The zero-order valence-electron chi connectivity index (χ0n) is 11.9. The van der Waals surface area contributed by atoms with Crippen LogP contribution in [0.4, 0.5) is 0 Å². The minimum atomic E-state index is -0.00907. The third kappa shape index (κ3) is 2.20. The van der Waals surface area contributed by atoms with Gasteiger partial charge in [0.1, 0.15) is 0 Å². The van der Waals surface area contributed by atoms with E-state index in [2.05, 4.69) is 32.0 Å². The van der Waals surface area contributed by atoms with Crippen LogP contribution in [0.2, 0.25) is 0 Å². The van der Waals surface area contributed by atoms with Gasteiger partial charge >= 0.3 is 0 Å². The summed E-state index contributed by atoms with van der Waals surface area (Å²) >= 11 is 0. The van der Waals surface area contributed by atoms with Crippen LogP contribution < -0.4 is 0 Å². The topological polar surface area (TPSA) is 17.1 Å². The largest absolute Gasteiger partial charge is 0.294 e. The molecule has 0 aliphatic heterocycles. The number of aryl methyl sites for hydroxylation is 2. The molecule has 0 saturated carbocycles. The maximum atomic E-state index is 12.3. The Kier molecular flexibility index (Phi) is 3.27. The molecule has 0 N–H and O–H groups in total. The molecule has 2 aromatic rings. The van der Waals surface area contributed by atoms with Crippen LogP contribution in [0.1, 0.15) is 34.6 Å². The third-order valence-electron chi connectivity index (χ3n) is 4.09. The van der Waals surface area contributed by atoms with Crippen LogP contribution in [0.25, 0.3) is 5.57 Å². The van der Waals surface area contributed by atoms with Gasteiger partial charge in [0.2, 0.25) is 0 Å². The van der Waals surface area contributed by atoms with Crippen molar-refractivity contribution in [1.82, 2.24) is 0 Å². The summed E-state index contributed by atoms with van der Waals surface area (Å²) in [5.41, 5.74) is 6.05. The van der Waals surface area contributed by atoms with Crippen LogP contribution >= 0.6 is 0 Å². The van der Waals surface area contributed by atoms with Crippen molar-refractivity contribution in [2.45, 2.75) is 26.2 Å². The highest BCUT2D eigenvalue weighted by molar-refractivity contribution is 6.06. The fourth-order valence-corrected chi connectivity index (χ4v) is 3.11. The molecule has 0 saturated heterocycles. The molecule has 0 fully saturated rings. The lowest BCUT2D eigenvalue weighted by Gasteiger charge is -2.13. The monoisotopic (exact) mass is 262 g/mol. The maximum absolute atomic E-state index is 12.3. The van der Waals surface area contributed by atoms with Crippen molar-refractivity contribution in [3.8, 4) is 0 Å². The van der Waals surface area contributed by atoms with E-state index in [1.165, 1.54) is 22.3 Å². The second-order valence-corrected chi connectivity index (χ2v) is 5.51. The summed E-state index contributed by atoms with van der Waals surface area (Å²) in [7, 11) is 0. The van der Waals surface area contributed by atoms with E-state index in [0.717, 1.165) is 12.0 Å². The molecular formula is C19H18O. The number of allylic oxidation sites excluding steroid dienone is 2. The van der Waals surface area contributed by atoms with E-state index in [0.29, 0.717) is 0 Å². The summed E-state index contributed by atoms with van der Waals surface area (Å²) in [4.78, 5) is 12.3. The van der Waals surface area contributed by atoms with E-state index in [-0.39, 0.29) is 11.7 Å². The molecule has 100 valence electrons. The molecule has 1 atom stereocenters. The molecule has 0 spiro atoms. The summed E-state index contributed by atoms with van der Waals surface area (Å²) in [5, 5.41) is 0. The van der Waals surface area contributed by atoms with Crippen molar-refractivity contribution in [2.75, 3.05) is 0 Å². The normalized spacial score (nSPS) is 18.2. The van der Waals surface area contributed by atoms with Gasteiger partial charge in [0.15, 0.2) is 5.78 Å². The molecular weight excluding hydrogens is 244 g/mol. The molecule has 2 aromatic carbocycles. The fraction of sp³-hybridized carbons (Fsp3) is 0.211. The Morgan fingerprint density at radius 1 is 0.900 bits per heavy atom. The Morgan fingerprint density at radius 2 is 1.55 bits per heavy atom. The molecule has 1 heteroatoms. The first-order valence-electron chi connectivity index (χ1n) is 7.03. The summed E-state index contributed by atoms with van der Waals surface area (Å²) in [5.74, 6) is 0.221. The first kappa shape index (κ1) is 12.9. The Balaban J connectivity index is 1.96. The van der Waals surface area contributed by atoms with E-state index < -0.39 is 0 Å². The van der Waals surface area contributed by atoms with E-state index >= 15 is 0 Å². The number of benzene rings is 2. The summed E-state index contributed by atoms with van der Waals surface area (Å²) in [6, 6.07) is 16.4. The van der Waals surface area contributed by atoms with E-state index in [4.69, 9.17) is 0 Å². The number of hydrogen-bond donors (Lipinski definition) is 0. The van der Waals surface area contributed by atoms with Gasteiger partial charge in [-0.05, 0) is 54.2 Å². The van der Waals surface area contributed by atoms with E-state index in [9.17, 15) is 4.79 Å². The molecule has 1 nitrogen and oxygen atoms in total. The lowest BCUT2D eigenvalue weighted by molar-refractivity contribution is -0.115. The summed E-state index contributed by atoms with van der Waals surface area (Å²) < 4.78 is 0. The highest BCUT2D eigenvalue weighted by atomic mass is 16.1. The lowest BCUT2D eigenvalue weighted by Crippen LogP contribution is -2.04. The van der Waals surface area contributed by atoms with Crippen molar-refractivity contribution >= 4 is 11.4 Å². The minimum Gasteiger partial charge on any atom is -0.294 e. The Hall–Kier alpha value is -2.15. The van der Waals surface area contributed by atoms with Gasteiger partial charge in [0.05, 0.1) is 5.92 Å². The van der Waals surface area contributed by atoms with Gasteiger partial charge in [-0.25, -0.2) is 0 Å². The second kappa shape index (κ2) is 5.09. The quantitative estimate of drug-likeness (QED) is 0.781. The molecule has 0 amide bonds. The highest BCUT2D eigenvalue weighted by Gasteiger charge is 2.28. The lowest BCUT2D eigenvalue weighted by atomic mass is 9.90. The molecule has 3 rings (SSSR count). The van der Waals surface area contributed by atoms with Gasteiger partial charge in [0, 0.05) is 0 Å². The van der Waals surface area contributed by atoms with Gasteiger partial charge in [-0.1, -0.05) is 48.5 Å². The molecule has 1 aliphatic carbocycles. The van der Waals surface area contributed by atoms with Gasteiger partial charge in [-0.3, -0.25) is 4.79 Å². The van der Waals surface area contributed by atoms with Crippen LogP contribution in [0.15, 0.2) is 54.6 Å². The van der Waals surface area contributed by atoms with Crippen LogP contribution in [0.3, 0.4) is 0 Å². The number of hydrogen-bond acceptors (Lipinski definition) is 1. The molecule has 0 heterocycles. The van der Waals surface area contributed by atoms with Crippen LogP contribution in [-0.2, 0) is 4.79 Å². The summed E-state index contributed by atoms with van der Waals surface area (Å²) in [6.07, 6.45) is 2.65. The molecule has 1 aliphatic rings. The standard InChI is InChI=1S/C19H18O/c1-13-7-6-8-14(2)19(13)16-11-17(18(20)12-16)15-9-4-3-5-10-15/h3-10,12,17H,11H2,1-2H3. The first-order valence-corrected chi connectivity index (χ1v) is 7.03. The SMILES string of the molecule is Cc1cccc(C)c1C1=CC(=O)C(c2ccccc2)C1. The zero-order chi connectivity index (χ0) is 14.1. The molecule has 20 heavy (non-hydrogen) atoms. The minimum absolute atomic E-state index is 0.00907. The molecule has 0 bridgehead atoms. The van der Waals surface area contributed by atoms with E-state index in [1.54, 1.807) is 0 Å². The van der Waals surface area contributed by atoms with Crippen molar-refractivity contribution in [3.05, 3.63) is 76.9 Å². The molecule has 1 unspecified atom stereocenters. The number of rotatable bonds is 2. The third-order valence-corrected chi connectivity index (χ3v) is 4.09. The van der Waals surface area contributed by atoms with Crippen molar-refractivity contribution in [3.63, 3.8) is 0 Å². The Labute approximate surface area is 120 Å². The van der Waals surface area contributed by atoms with Gasteiger partial charge < -0.3 is 0 Å².